The molecule has 5 heteroatoms. The number of carbonyl (C=O) groups is 1. The van der Waals surface area contributed by atoms with Crippen LogP contribution < -0.4 is 14.8 Å². The smallest absolute Gasteiger partial charge is 0.407 e. The molecule has 0 radical (unpaired) electrons. The van der Waals surface area contributed by atoms with Crippen molar-refractivity contribution in [3.8, 4) is 11.5 Å². The minimum atomic E-state index is -0.406. The first-order valence-electron chi connectivity index (χ1n) is 15.8. The molecular formula is C34H59NO4. The van der Waals surface area contributed by atoms with Gasteiger partial charge >= 0.3 is 6.09 Å². The molecule has 2 rings (SSSR count). The maximum atomic E-state index is 11.7. The maximum absolute atomic E-state index is 11.7. The van der Waals surface area contributed by atoms with Crippen molar-refractivity contribution in [2.45, 2.75) is 145 Å². The molecule has 1 aromatic rings. The zero-order valence-electron chi connectivity index (χ0n) is 26.7. The summed E-state index contributed by atoms with van der Waals surface area (Å²) in [5.41, 5.74) is 3.40. The highest BCUT2D eigenvalue weighted by Gasteiger charge is 2.33. The number of benzene rings is 1. The fourth-order valence-electron chi connectivity index (χ4n) is 5.84. The van der Waals surface area contributed by atoms with E-state index in [1.807, 2.05) is 13.8 Å². The number of aryl methyl sites for hydroxylation is 1. The molecule has 0 fully saturated rings. The van der Waals surface area contributed by atoms with Crippen molar-refractivity contribution in [2.75, 3.05) is 13.2 Å². The molecule has 1 amide bonds. The average molecular weight is 546 g/mol. The monoisotopic (exact) mass is 545 g/mol. The maximum Gasteiger partial charge on any atom is 0.407 e. The number of fused-ring (bicyclic) bond motifs is 1. The summed E-state index contributed by atoms with van der Waals surface area (Å²) in [5, 5.41) is 2.74. The molecule has 5 nitrogen and oxygen atoms in total. The Balaban J connectivity index is 1.76. The van der Waals surface area contributed by atoms with Crippen molar-refractivity contribution in [1.29, 1.82) is 0 Å². The molecule has 3 atom stereocenters. The third-order valence-electron chi connectivity index (χ3n) is 8.29. The Labute approximate surface area is 240 Å². The zero-order chi connectivity index (χ0) is 29.0. The van der Waals surface area contributed by atoms with E-state index in [1.165, 1.54) is 56.9 Å². The van der Waals surface area contributed by atoms with E-state index in [1.54, 1.807) is 0 Å². The second-order valence-corrected chi connectivity index (χ2v) is 13.3. The predicted octanol–water partition coefficient (Wildman–Crippen LogP) is 9.34. The Hall–Kier alpha value is -1.91. The minimum absolute atomic E-state index is 0.0976. The summed E-state index contributed by atoms with van der Waals surface area (Å²) < 4.78 is 17.8. The minimum Gasteiger partial charge on any atom is -0.491 e. The van der Waals surface area contributed by atoms with Crippen molar-refractivity contribution >= 4 is 6.09 Å². The lowest BCUT2D eigenvalue weighted by Crippen LogP contribution is -2.36. The number of hydrogen-bond donors (Lipinski definition) is 1. The topological polar surface area (TPSA) is 56.8 Å². The van der Waals surface area contributed by atoms with Crippen molar-refractivity contribution in [3.63, 3.8) is 0 Å². The van der Waals surface area contributed by atoms with Crippen LogP contribution in [-0.4, -0.2) is 30.9 Å². The first-order chi connectivity index (χ1) is 18.4. The zero-order valence-corrected chi connectivity index (χ0v) is 26.7. The standard InChI is InChI=1S/C34H59NO4/c1-24(2)13-10-14-26(5)15-11-16-27(6)17-12-19-34(9)20-18-30-29(8)32(28(7)23-31(30)39-34)37-22-21-35-33(36)38-25(3)4/h23-27H,10-22H2,1-9H3,(H,35,36). The van der Waals surface area contributed by atoms with E-state index in [-0.39, 0.29) is 11.7 Å². The van der Waals surface area contributed by atoms with Crippen LogP contribution in [0, 0.1) is 31.6 Å². The molecule has 1 heterocycles. The number of carbonyl (C=O) groups excluding carboxylic acids is 1. The van der Waals surface area contributed by atoms with Crippen LogP contribution in [0.25, 0.3) is 0 Å². The van der Waals surface area contributed by atoms with Crippen LogP contribution >= 0.6 is 0 Å². The second kappa shape index (κ2) is 16.4. The Bertz CT molecular complexity index is 880. The summed E-state index contributed by atoms with van der Waals surface area (Å²) in [6, 6.07) is 2.14. The van der Waals surface area contributed by atoms with Gasteiger partial charge in [0.1, 0.15) is 23.7 Å². The third kappa shape index (κ3) is 12.0. The molecule has 3 unspecified atom stereocenters. The van der Waals surface area contributed by atoms with Crippen LogP contribution in [-0.2, 0) is 11.2 Å². The van der Waals surface area contributed by atoms with Crippen LogP contribution in [0.15, 0.2) is 6.07 Å². The van der Waals surface area contributed by atoms with Crippen LogP contribution in [0.1, 0.15) is 129 Å². The summed E-state index contributed by atoms with van der Waals surface area (Å²) in [7, 11) is 0. The van der Waals surface area contributed by atoms with Gasteiger partial charge in [-0.15, -0.1) is 0 Å². The molecule has 224 valence electrons. The summed E-state index contributed by atoms with van der Waals surface area (Å²) >= 11 is 0. The predicted molar refractivity (Wildman–Crippen MR) is 163 cm³/mol. The number of alkyl carbamates (subject to hydrolysis) is 1. The SMILES string of the molecule is Cc1cc2c(c(C)c1OCCNC(=O)OC(C)C)CCC(C)(CCCC(C)CCCC(C)CCCC(C)C)O2. The number of ether oxygens (including phenoxy) is 3. The molecule has 1 aromatic carbocycles. The van der Waals surface area contributed by atoms with Crippen LogP contribution in [0.4, 0.5) is 4.79 Å². The Morgan fingerprint density at radius 3 is 2.21 bits per heavy atom. The van der Waals surface area contributed by atoms with Gasteiger partial charge in [0.2, 0.25) is 0 Å². The highest BCUT2D eigenvalue weighted by molar-refractivity contribution is 5.67. The van der Waals surface area contributed by atoms with Gasteiger partial charge in [-0.25, -0.2) is 4.79 Å². The van der Waals surface area contributed by atoms with E-state index < -0.39 is 6.09 Å². The van der Waals surface area contributed by atoms with E-state index in [4.69, 9.17) is 14.2 Å². The quantitative estimate of drug-likeness (QED) is 0.198. The highest BCUT2D eigenvalue weighted by Crippen LogP contribution is 2.42. The van der Waals surface area contributed by atoms with Gasteiger partial charge in [0.05, 0.1) is 12.6 Å². The molecule has 0 saturated heterocycles. The van der Waals surface area contributed by atoms with Gasteiger partial charge in [-0.05, 0) is 95.2 Å². The van der Waals surface area contributed by atoms with E-state index in [9.17, 15) is 4.79 Å². The van der Waals surface area contributed by atoms with Gasteiger partial charge in [0.25, 0.3) is 0 Å². The van der Waals surface area contributed by atoms with Crippen LogP contribution in [0.5, 0.6) is 11.5 Å². The van der Waals surface area contributed by atoms with Gasteiger partial charge in [0, 0.05) is 5.56 Å². The summed E-state index contributed by atoms with van der Waals surface area (Å²) in [4.78, 5) is 11.7. The molecule has 39 heavy (non-hydrogen) atoms. The molecule has 0 saturated carbocycles. The van der Waals surface area contributed by atoms with Crippen molar-refractivity contribution in [3.05, 3.63) is 22.8 Å². The first-order valence-corrected chi connectivity index (χ1v) is 15.8. The Morgan fingerprint density at radius 2 is 1.59 bits per heavy atom. The summed E-state index contributed by atoms with van der Waals surface area (Å²) in [6.45, 7) is 20.5. The van der Waals surface area contributed by atoms with E-state index >= 15 is 0 Å². The molecule has 0 aliphatic carbocycles. The van der Waals surface area contributed by atoms with Crippen molar-refractivity contribution < 1.29 is 19.0 Å². The van der Waals surface area contributed by atoms with E-state index in [0.29, 0.717) is 13.2 Å². The highest BCUT2D eigenvalue weighted by atomic mass is 16.6. The van der Waals surface area contributed by atoms with Gasteiger partial charge in [-0.1, -0.05) is 72.6 Å². The Kier molecular flexibility index (Phi) is 14.0. The lowest BCUT2D eigenvalue weighted by atomic mass is 9.85. The van der Waals surface area contributed by atoms with Gasteiger partial charge in [-0.2, -0.15) is 0 Å². The van der Waals surface area contributed by atoms with E-state index in [2.05, 4.69) is 59.8 Å². The first kappa shape index (κ1) is 33.3. The van der Waals surface area contributed by atoms with Crippen LogP contribution in [0.3, 0.4) is 0 Å². The molecule has 1 aliphatic heterocycles. The summed E-state index contributed by atoms with van der Waals surface area (Å²) in [6.07, 6.45) is 13.4. The number of rotatable bonds is 17. The summed E-state index contributed by atoms with van der Waals surface area (Å²) in [5.74, 6) is 4.42. The fourth-order valence-corrected chi connectivity index (χ4v) is 5.84. The van der Waals surface area contributed by atoms with Crippen molar-refractivity contribution in [2.24, 2.45) is 17.8 Å². The number of amides is 1. The van der Waals surface area contributed by atoms with Gasteiger partial charge in [-0.3, -0.25) is 0 Å². The normalized spacial score (nSPS) is 18.4. The lowest BCUT2D eigenvalue weighted by Gasteiger charge is -2.37. The third-order valence-corrected chi connectivity index (χ3v) is 8.29. The largest absolute Gasteiger partial charge is 0.491 e. The van der Waals surface area contributed by atoms with Crippen LogP contribution in [0.2, 0.25) is 0 Å². The van der Waals surface area contributed by atoms with Crippen molar-refractivity contribution in [1.82, 2.24) is 5.32 Å². The second-order valence-electron chi connectivity index (χ2n) is 13.3. The Morgan fingerprint density at radius 1 is 0.974 bits per heavy atom. The average Bonchev–Trinajstić information content (AvgIpc) is 2.82. The molecular weight excluding hydrogens is 486 g/mol. The molecule has 0 aromatic heterocycles. The van der Waals surface area contributed by atoms with Gasteiger partial charge in [0.15, 0.2) is 0 Å². The van der Waals surface area contributed by atoms with Gasteiger partial charge < -0.3 is 19.5 Å². The molecule has 0 bridgehead atoms. The molecule has 0 spiro atoms. The molecule has 1 aliphatic rings. The number of nitrogens with one attached hydrogen (secondary N) is 1. The lowest BCUT2D eigenvalue weighted by molar-refractivity contribution is 0.0520. The number of hydrogen-bond acceptors (Lipinski definition) is 4. The van der Waals surface area contributed by atoms with E-state index in [0.717, 1.165) is 59.6 Å². The fraction of sp³-hybridized carbons (Fsp3) is 0.794. The molecule has 1 N–H and O–H groups in total.